The van der Waals surface area contributed by atoms with Gasteiger partial charge >= 0.3 is 5.97 Å². The molecule has 4 heterocycles. The van der Waals surface area contributed by atoms with Crippen molar-refractivity contribution in [3.63, 3.8) is 0 Å². The Morgan fingerprint density at radius 1 is 1.19 bits per heavy atom. The molecule has 15 nitrogen and oxygen atoms in total. The summed E-state index contributed by atoms with van der Waals surface area (Å²) < 4.78 is 11.7. The van der Waals surface area contributed by atoms with Gasteiger partial charge < -0.3 is 20.6 Å². The van der Waals surface area contributed by atoms with Crippen molar-refractivity contribution < 1.29 is 24.0 Å². The van der Waals surface area contributed by atoms with Crippen molar-refractivity contribution in [2.75, 3.05) is 24.3 Å². The highest BCUT2D eigenvalue weighted by molar-refractivity contribution is 8.01. The molecule has 0 radical (unpaired) electrons. The van der Waals surface area contributed by atoms with Crippen LogP contribution in [0.3, 0.4) is 0 Å². The van der Waals surface area contributed by atoms with Gasteiger partial charge in [0.1, 0.15) is 30.8 Å². The molecule has 2 aromatic carbocycles. The van der Waals surface area contributed by atoms with Crippen LogP contribution in [0.1, 0.15) is 23.1 Å². The van der Waals surface area contributed by atoms with Gasteiger partial charge in [-0.05, 0) is 27.1 Å². The maximum absolute atomic E-state index is 14.2. The standard InChI is InChI=1S/C30H26N10O5S3/c1-3-14-39-30(34-37-38-39)47-16-19-15-46-27-21(32-25(41)20(35-44-2)24-33-29(31)48-36-24)26(42)40(27)22(19)28(43)45-23(17-10-6-4-7-11-17)18-12-8-5-9-13-18/h1,4-13,21,23,27H,14-16H2,2H3,(H,32,41)(H2,31,33,36)/b35-20+. The molecule has 2 amide bonds. The number of tetrazole rings is 1. The van der Waals surface area contributed by atoms with E-state index in [4.69, 9.17) is 21.7 Å². The number of hydrogen-bond donors (Lipinski definition) is 2. The summed E-state index contributed by atoms with van der Waals surface area (Å²) in [6, 6.07) is 17.7. The van der Waals surface area contributed by atoms with Gasteiger partial charge in [-0.15, -0.1) is 23.3 Å². The molecular weight excluding hydrogens is 677 g/mol. The third-order valence-electron chi connectivity index (χ3n) is 7.12. The third-order valence-corrected chi connectivity index (χ3v) is 10.0. The van der Waals surface area contributed by atoms with E-state index >= 15 is 0 Å². The van der Waals surface area contributed by atoms with Gasteiger partial charge in [0.15, 0.2) is 11.2 Å². The fourth-order valence-corrected chi connectivity index (χ4v) is 7.78. The number of rotatable bonds is 12. The summed E-state index contributed by atoms with van der Waals surface area (Å²) in [7, 11) is 1.27. The van der Waals surface area contributed by atoms with Crippen molar-refractivity contribution in [1.82, 2.24) is 39.8 Å². The van der Waals surface area contributed by atoms with Gasteiger partial charge in [0.2, 0.25) is 16.7 Å². The molecule has 0 spiro atoms. The third kappa shape index (κ3) is 6.74. The van der Waals surface area contributed by atoms with Crippen LogP contribution in [-0.4, -0.2) is 88.0 Å². The van der Waals surface area contributed by atoms with Gasteiger partial charge in [-0.2, -0.15) is 9.36 Å². The zero-order chi connectivity index (χ0) is 33.6. The fourth-order valence-electron chi connectivity index (χ4n) is 4.98. The molecule has 2 atom stereocenters. The van der Waals surface area contributed by atoms with Crippen LogP contribution in [0, 0.1) is 12.3 Å². The number of nitrogens with one attached hydrogen (secondary N) is 1. The van der Waals surface area contributed by atoms with Crippen LogP contribution in [0.15, 0.2) is 82.2 Å². The van der Waals surface area contributed by atoms with E-state index in [1.807, 2.05) is 60.7 Å². The Labute approximate surface area is 286 Å². The monoisotopic (exact) mass is 702 g/mol. The first-order valence-corrected chi connectivity index (χ1v) is 17.0. The van der Waals surface area contributed by atoms with E-state index in [0.29, 0.717) is 16.5 Å². The van der Waals surface area contributed by atoms with E-state index in [1.54, 1.807) is 0 Å². The number of terminal acetylenes is 1. The number of carbonyl (C=O) groups excluding carboxylic acids is 3. The fraction of sp³-hybridized carbons (Fsp3) is 0.233. The number of amides is 2. The van der Waals surface area contributed by atoms with Crippen LogP contribution in [-0.2, 0) is 30.5 Å². The molecule has 0 bridgehead atoms. The molecule has 2 unspecified atom stereocenters. The van der Waals surface area contributed by atoms with Crippen LogP contribution in [0.4, 0.5) is 5.13 Å². The molecule has 2 aliphatic heterocycles. The smallest absolute Gasteiger partial charge is 0.356 e. The Hall–Kier alpha value is -5.25. The number of nitrogens with two attached hydrogens (primary N) is 1. The lowest BCUT2D eigenvalue weighted by Gasteiger charge is -2.49. The van der Waals surface area contributed by atoms with Gasteiger partial charge in [0, 0.05) is 23.0 Å². The van der Waals surface area contributed by atoms with Crippen LogP contribution in [0.2, 0.25) is 0 Å². The lowest BCUT2D eigenvalue weighted by Crippen LogP contribution is -2.71. The van der Waals surface area contributed by atoms with Gasteiger partial charge in [0.25, 0.3) is 11.8 Å². The minimum absolute atomic E-state index is 0.0414. The average molecular weight is 703 g/mol. The van der Waals surface area contributed by atoms with E-state index < -0.39 is 35.3 Å². The van der Waals surface area contributed by atoms with E-state index in [0.717, 1.165) is 22.7 Å². The topological polar surface area (TPSA) is 193 Å². The number of carbonyl (C=O) groups is 3. The van der Waals surface area contributed by atoms with Crippen molar-refractivity contribution >= 4 is 63.7 Å². The second-order valence-electron chi connectivity index (χ2n) is 10.1. The number of nitrogen functional groups attached to an aromatic ring is 1. The number of oxime groups is 1. The number of β-lactam (4-membered cyclic amide) rings is 1. The highest BCUT2D eigenvalue weighted by Gasteiger charge is 2.55. The van der Waals surface area contributed by atoms with Crippen molar-refractivity contribution in [3.8, 4) is 12.3 Å². The highest BCUT2D eigenvalue weighted by Crippen LogP contribution is 2.42. The molecule has 18 heteroatoms. The van der Waals surface area contributed by atoms with Gasteiger partial charge in [-0.3, -0.25) is 14.5 Å². The van der Waals surface area contributed by atoms with Crippen LogP contribution < -0.4 is 11.1 Å². The first-order valence-electron chi connectivity index (χ1n) is 14.2. The number of aromatic nitrogens is 6. The minimum Gasteiger partial charge on any atom is -0.448 e. The summed E-state index contributed by atoms with van der Waals surface area (Å²) in [4.78, 5) is 51.5. The van der Waals surface area contributed by atoms with E-state index in [9.17, 15) is 14.4 Å². The normalized spacial score (nSPS) is 17.4. The molecule has 48 heavy (non-hydrogen) atoms. The molecule has 244 valence electrons. The summed E-state index contributed by atoms with van der Waals surface area (Å²) in [5, 5.41) is 18.1. The zero-order valence-electron chi connectivity index (χ0n) is 25.1. The summed E-state index contributed by atoms with van der Waals surface area (Å²) in [5.74, 6) is 1.13. The summed E-state index contributed by atoms with van der Waals surface area (Å²) in [5.41, 5.74) is 7.67. The number of benzene rings is 2. The highest BCUT2D eigenvalue weighted by atomic mass is 32.2. The molecule has 1 saturated heterocycles. The van der Waals surface area contributed by atoms with Gasteiger partial charge in [-0.25, -0.2) is 9.48 Å². The molecule has 2 aliphatic rings. The number of nitrogens with zero attached hydrogens (tertiary/aromatic N) is 8. The predicted octanol–water partition coefficient (Wildman–Crippen LogP) is 1.87. The quantitative estimate of drug-likeness (QED) is 0.0544. The molecule has 0 saturated carbocycles. The zero-order valence-corrected chi connectivity index (χ0v) is 27.6. The number of esters is 1. The molecule has 1 fully saturated rings. The first-order chi connectivity index (χ1) is 23.4. The predicted molar refractivity (Wildman–Crippen MR) is 178 cm³/mol. The van der Waals surface area contributed by atoms with Crippen LogP contribution >= 0.6 is 35.1 Å². The molecule has 0 aliphatic carbocycles. The van der Waals surface area contributed by atoms with E-state index in [2.05, 4.69) is 41.3 Å². The van der Waals surface area contributed by atoms with E-state index in [-0.39, 0.29) is 34.7 Å². The molecule has 6 rings (SSSR count). The Morgan fingerprint density at radius 3 is 2.52 bits per heavy atom. The van der Waals surface area contributed by atoms with Gasteiger partial charge in [0.05, 0.1) is 0 Å². The number of ether oxygens (including phenoxy) is 1. The number of fused-ring (bicyclic) bond motifs is 1. The maximum Gasteiger partial charge on any atom is 0.356 e. The van der Waals surface area contributed by atoms with E-state index in [1.165, 1.54) is 40.2 Å². The lowest BCUT2D eigenvalue weighted by molar-refractivity contribution is -0.154. The van der Waals surface area contributed by atoms with Crippen molar-refractivity contribution in [2.24, 2.45) is 5.16 Å². The Balaban J connectivity index is 1.29. The second-order valence-corrected chi connectivity index (χ2v) is 12.9. The first kappa shape index (κ1) is 32.7. The molecule has 3 N–H and O–H groups in total. The van der Waals surface area contributed by atoms with Crippen LogP contribution in [0.5, 0.6) is 0 Å². The number of hydrogen-bond acceptors (Lipinski definition) is 15. The van der Waals surface area contributed by atoms with Gasteiger partial charge in [-0.1, -0.05) is 83.5 Å². The number of anilines is 1. The molecule has 4 aromatic rings. The average Bonchev–Trinajstić information content (AvgIpc) is 3.75. The lowest BCUT2D eigenvalue weighted by atomic mass is 10.0. The van der Waals surface area contributed by atoms with Crippen molar-refractivity contribution in [3.05, 3.63) is 88.9 Å². The Kier molecular flexibility index (Phi) is 9.99. The minimum atomic E-state index is -0.987. The Bertz CT molecular complexity index is 1890. The van der Waals surface area contributed by atoms with Crippen molar-refractivity contribution in [1.29, 1.82) is 0 Å². The summed E-state index contributed by atoms with van der Waals surface area (Å²) >= 11 is 3.54. The SMILES string of the molecule is C#CCn1nnnc1SCC1=C(C(=O)OC(c2ccccc2)c2ccccc2)N2C(=O)C(NC(=O)/C(=N/OC)c3nsc(N)n3)C2SC1. The second kappa shape index (κ2) is 14.7. The largest absolute Gasteiger partial charge is 0.448 e. The number of thioether (sulfide) groups is 2. The summed E-state index contributed by atoms with van der Waals surface area (Å²) in [6.07, 6.45) is 4.70. The van der Waals surface area contributed by atoms with Crippen molar-refractivity contribution in [2.45, 2.75) is 29.2 Å². The molecular formula is C30H26N10O5S3. The summed E-state index contributed by atoms with van der Waals surface area (Å²) in [6.45, 7) is 0.166. The van der Waals surface area contributed by atoms with Crippen LogP contribution in [0.25, 0.3) is 0 Å². The maximum atomic E-state index is 14.2. The molecule has 2 aromatic heterocycles. The Morgan fingerprint density at radius 2 is 1.90 bits per heavy atom.